The second kappa shape index (κ2) is 10.1. The van der Waals surface area contributed by atoms with E-state index in [2.05, 4.69) is 34.3 Å². The molecule has 0 saturated carbocycles. The first-order valence-corrected chi connectivity index (χ1v) is 7.40. The van der Waals surface area contributed by atoms with Crippen molar-refractivity contribution in [3.8, 4) is 0 Å². The number of fused-ring (bicyclic) bond motifs is 1. The van der Waals surface area contributed by atoms with Crippen LogP contribution in [0.2, 0.25) is 0 Å². The Morgan fingerprint density at radius 3 is 2.12 bits per heavy atom. The lowest BCUT2D eigenvalue weighted by Crippen LogP contribution is -2.54. The van der Waals surface area contributed by atoms with Gasteiger partial charge in [-0.1, -0.05) is 39.8 Å². The standard InChI is InChI=1S/C8H9NO5.C8H16.2H3N/c10-2-1-4-7(8(12)13)9-5(11)3-6(9)14-4;1-6(2)8(5)7(3)4;;/h1,6-7,10H,2-3H2,(H,12,13);6-7H,5H2,1-4H3;2*1H3/b4-1-;;;/t6-,7-;;;/m1.../s1. The molecule has 0 radical (unpaired) electrons. The van der Waals surface area contributed by atoms with Gasteiger partial charge < -0.3 is 27.3 Å². The lowest BCUT2D eigenvalue weighted by atomic mass is 9.95. The number of rotatable bonds is 4. The number of aliphatic hydroxyl groups excluding tert-OH is 1. The molecule has 0 unspecified atom stereocenters. The van der Waals surface area contributed by atoms with Crippen molar-refractivity contribution >= 4 is 11.9 Å². The molecule has 0 aliphatic carbocycles. The van der Waals surface area contributed by atoms with Gasteiger partial charge in [-0.2, -0.15) is 0 Å². The summed E-state index contributed by atoms with van der Waals surface area (Å²) in [6.07, 6.45) is 1.03. The van der Waals surface area contributed by atoms with Crippen LogP contribution in [-0.4, -0.2) is 45.9 Å². The Labute approximate surface area is 143 Å². The number of aliphatic carboxylic acids is 1. The van der Waals surface area contributed by atoms with E-state index in [1.165, 1.54) is 16.5 Å². The molecule has 2 atom stereocenters. The van der Waals surface area contributed by atoms with Crippen molar-refractivity contribution in [3.63, 3.8) is 0 Å². The summed E-state index contributed by atoms with van der Waals surface area (Å²) in [6, 6.07) is -1.06. The number of hydrogen-bond donors (Lipinski definition) is 4. The lowest BCUT2D eigenvalue weighted by molar-refractivity contribution is -0.163. The van der Waals surface area contributed by atoms with E-state index in [1.807, 2.05) is 0 Å². The molecule has 8 nitrogen and oxygen atoms in total. The number of aliphatic hydroxyl groups is 1. The summed E-state index contributed by atoms with van der Waals surface area (Å²) in [7, 11) is 0. The van der Waals surface area contributed by atoms with Crippen molar-refractivity contribution in [3.05, 3.63) is 24.0 Å². The van der Waals surface area contributed by atoms with E-state index in [-0.39, 0.29) is 37.0 Å². The monoisotopic (exact) mass is 345 g/mol. The van der Waals surface area contributed by atoms with Gasteiger partial charge in [-0.05, 0) is 17.9 Å². The number of nitrogens with zero attached hydrogens (tertiary/aromatic N) is 1. The zero-order valence-electron chi connectivity index (χ0n) is 15.0. The Morgan fingerprint density at radius 1 is 1.33 bits per heavy atom. The summed E-state index contributed by atoms with van der Waals surface area (Å²) in [4.78, 5) is 23.1. The summed E-state index contributed by atoms with van der Waals surface area (Å²) >= 11 is 0. The third-order valence-electron chi connectivity index (χ3n) is 3.78. The third kappa shape index (κ3) is 5.33. The van der Waals surface area contributed by atoms with Crippen LogP contribution in [0.5, 0.6) is 0 Å². The predicted molar refractivity (Wildman–Crippen MR) is 91.8 cm³/mol. The second-order valence-corrected chi connectivity index (χ2v) is 5.99. The van der Waals surface area contributed by atoms with Crippen LogP contribution >= 0.6 is 0 Å². The Bertz CT molecular complexity index is 478. The van der Waals surface area contributed by atoms with Gasteiger partial charge in [0.05, 0.1) is 13.0 Å². The van der Waals surface area contributed by atoms with Crippen LogP contribution in [0.1, 0.15) is 34.1 Å². The van der Waals surface area contributed by atoms with Crippen LogP contribution in [0, 0.1) is 11.8 Å². The average molecular weight is 345 g/mol. The summed E-state index contributed by atoms with van der Waals surface area (Å²) < 4.78 is 5.17. The Hall–Kier alpha value is -1.90. The van der Waals surface area contributed by atoms with Crippen molar-refractivity contribution in [2.24, 2.45) is 11.8 Å². The van der Waals surface area contributed by atoms with Crippen LogP contribution in [0.3, 0.4) is 0 Å². The average Bonchev–Trinajstić information content (AvgIpc) is 2.71. The largest absolute Gasteiger partial charge is 0.479 e. The maximum atomic E-state index is 11.1. The summed E-state index contributed by atoms with van der Waals surface area (Å²) in [5.74, 6) is 0.0739. The zero-order valence-corrected chi connectivity index (χ0v) is 15.0. The fraction of sp³-hybridized carbons (Fsp3) is 0.625. The molecule has 140 valence electrons. The SMILES string of the molecule is C=C(C(C)C)C(C)C.N.N.O=C(O)[C@H]1/C(=C/CO)O[C@@H]2CC(=O)N21. The number of carboxylic acids is 1. The quantitative estimate of drug-likeness (QED) is 0.448. The first-order valence-electron chi connectivity index (χ1n) is 7.40. The maximum Gasteiger partial charge on any atom is 0.334 e. The lowest BCUT2D eigenvalue weighted by Gasteiger charge is -2.33. The molecule has 2 aliphatic heterocycles. The molecular formula is C16H31N3O5. The maximum absolute atomic E-state index is 11.1. The van der Waals surface area contributed by atoms with E-state index in [0.29, 0.717) is 11.8 Å². The molecule has 2 saturated heterocycles. The summed E-state index contributed by atoms with van der Waals surface area (Å²) in [5.41, 5.74) is 1.35. The van der Waals surface area contributed by atoms with Crippen LogP contribution in [0.25, 0.3) is 0 Å². The zero-order chi connectivity index (χ0) is 17.0. The number of allylic oxidation sites excluding steroid dienone is 1. The molecule has 0 aromatic carbocycles. The second-order valence-electron chi connectivity index (χ2n) is 5.99. The number of hydrogen-bond acceptors (Lipinski definition) is 6. The van der Waals surface area contributed by atoms with Gasteiger partial charge in [0, 0.05) is 0 Å². The van der Waals surface area contributed by atoms with Gasteiger partial charge in [0.15, 0.2) is 12.3 Å². The number of amides is 1. The van der Waals surface area contributed by atoms with Crippen LogP contribution in [-0.2, 0) is 14.3 Å². The molecule has 8 N–H and O–H groups in total. The minimum Gasteiger partial charge on any atom is -0.479 e. The van der Waals surface area contributed by atoms with Crippen molar-refractivity contribution < 1.29 is 24.5 Å². The number of carbonyl (C=O) groups excluding carboxylic acids is 1. The Morgan fingerprint density at radius 2 is 1.83 bits per heavy atom. The fourth-order valence-corrected chi connectivity index (χ4v) is 2.33. The van der Waals surface area contributed by atoms with Crippen molar-refractivity contribution in [1.29, 1.82) is 0 Å². The molecule has 24 heavy (non-hydrogen) atoms. The molecule has 0 spiro atoms. The molecule has 0 bridgehead atoms. The molecule has 2 heterocycles. The molecule has 2 aliphatic rings. The summed E-state index contributed by atoms with van der Waals surface area (Å²) in [5, 5.41) is 17.5. The van der Waals surface area contributed by atoms with E-state index >= 15 is 0 Å². The van der Waals surface area contributed by atoms with E-state index in [9.17, 15) is 9.59 Å². The van der Waals surface area contributed by atoms with Gasteiger partial charge in [-0.25, -0.2) is 4.79 Å². The smallest absolute Gasteiger partial charge is 0.334 e. The van der Waals surface area contributed by atoms with Gasteiger partial charge in [0.25, 0.3) is 0 Å². The number of carboxylic acid groups (broad SMARTS) is 1. The number of carbonyl (C=O) groups is 2. The fourth-order valence-electron chi connectivity index (χ4n) is 2.33. The van der Waals surface area contributed by atoms with Gasteiger partial charge in [0.1, 0.15) is 5.76 Å². The highest BCUT2D eigenvalue weighted by Crippen LogP contribution is 2.36. The molecule has 2 fully saturated rings. The minimum atomic E-state index is -1.14. The van der Waals surface area contributed by atoms with Crippen molar-refractivity contribution in [1.82, 2.24) is 17.2 Å². The minimum absolute atomic E-state index is 0. The van der Waals surface area contributed by atoms with Gasteiger partial charge in [-0.3, -0.25) is 9.69 Å². The molecule has 0 aromatic rings. The highest BCUT2D eigenvalue weighted by atomic mass is 16.5. The number of ether oxygens (including phenoxy) is 1. The molecule has 0 aromatic heterocycles. The van der Waals surface area contributed by atoms with Crippen LogP contribution < -0.4 is 12.3 Å². The molecule has 1 amide bonds. The Balaban J connectivity index is 0. The molecule has 2 rings (SSSR count). The van der Waals surface area contributed by atoms with E-state index in [0.717, 1.165) is 0 Å². The summed E-state index contributed by atoms with van der Waals surface area (Å²) in [6.45, 7) is 12.4. The third-order valence-corrected chi connectivity index (χ3v) is 3.78. The van der Waals surface area contributed by atoms with E-state index in [1.54, 1.807) is 0 Å². The van der Waals surface area contributed by atoms with Crippen LogP contribution in [0.4, 0.5) is 0 Å². The highest BCUT2D eigenvalue weighted by Gasteiger charge is 2.53. The predicted octanol–water partition coefficient (Wildman–Crippen LogP) is 2.08. The van der Waals surface area contributed by atoms with E-state index < -0.39 is 18.2 Å². The van der Waals surface area contributed by atoms with Crippen molar-refractivity contribution in [2.75, 3.05) is 6.61 Å². The normalized spacial score (nSPS) is 22.5. The Kier molecular flexibility index (Phi) is 10.2. The van der Waals surface area contributed by atoms with Gasteiger partial charge >= 0.3 is 5.97 Å². The highest BCUT2D eigenvalue weighted by molar-refractivity contribution is 5.91. The van der Waals surface area contributed by atoms with Crippen molar-refractivity contribution in [2.45, 2.75) is 46.4 Å². The first-order chi connectivity index (χ1) is 10.2. The van der Waals surface area contributed by atoms with Gasteiger partial charge in [-0.15, -0.1) is 0 Å². The van der Waals surface area contributed by atoms with Crippen LogP contribution in [0.15, 0.2) is 24.0 Å². The topological polar surface area (TPSA) is 157 Å². The first kappa shape index (κ1) is 24.4. The molecular weight excluding hydrogens is 314 g/mol. The molecule has 8 heteroatoms. The van der Waals surface area contributed by atoms with E-state index in [4.69, 9.17) is 14.9 Å². The van der Waals surface area contributed by atoms with Gasteiger partial charge in [0.2, 0.25) is 5.91 Å². The number of β-lactam (4-membered cyclic amide) rings is 1.